The average molecular weight is 856 g/mol. The molecule has 0 bridgehead atoms. The first-order valence-electron chi connectivity index (χ1n) is 22.5. The van der Waals surface area contributed by atoms with Crippen LogP contribution < -0.4 is 0 Å². The van der Waals surface area contributed by atoms with Crippen LogP contribution in [-0.2, 0) is 0 Å². The average Bonchev–Trinajstić information content (AvgIpc) is 3.83. The zero-order valence-corrected chi connectivity index (χ0v) is 36.4. The molecule has 0 amide bonds. The number of hydrogen-bond acceptors (Lipinski definition) is 4. The summed E-state index contributed by atoms with van der Waals surface area (Å²) in [5.74, 6) is 1.85. The van der Waals surface area contributed by atoms with Crippen LogP contribution in [0, 0.1) is 0 Å². The van der Waals surface area contributed by atoms with E-state index in [1.165, 1.54) is 0 Å². The molecule has 0 saturated heterocycles. The van der Waals surface area contributed by atoms with Gasteiger partial charge in [-0.1, -0.05) is 224 Å². The van der Waals surface area contributed by atoms with Crippen LogP contribution >= 0.6 is 0 Å². The summed E-state index contributed by atoms with van der Waals surface area (Å²) in [7, 11) is 0. The van der Waals surface area contributed by atoms with Gasteiger partial charge in [0.2, 0.25) is 0 Å². The second-order valence-corrected chi connectivity index (χ2v) is 16.7. The molecular weight excluding hydrogens is 815 g/mol. The van der Waals surface area contributed by atoms with Crippen molar-refractivity contribution < 1.29 is 0 Å². The standard InChI is InChI=1S/C62H41N5/c1-6-18-42(19-7-1)49-28-16-30-52(38-49)61-63-60(64-62(65-61)53-31-17-29-50(39-53)43-20-8-2-9-21-43)48-34-32-44(33-35-48)51-36-37-55-54(40-51)41-56(45-22-10-3-11-23-45)67-59(55)57(46-24-12-4-13-25-46)58(66-67)47-26-14-5-15-27-47/h1-41H. The Hall–Kier alpha value is -9.06. The number of aromatic nitrogens is 5. The van der Waals surface area contributed by atoms with Crippen molar-refractivity contribution in [3.63, 3.8) is 0 Å². The summed E-state index contributed by atoms with van der Waals surface area (Å²) in [4.78, 5) is 15.4. The summed E-state index contributed by atoms with van der Waals surface area (Å²) in [6, 6.07) is 87.0. The number of benzene rings is 9. The number of rotatable bonds is 9. The van der Waals surface area contributed by atoms with Crippen LogP contribution in [0.1, 0.15) is 0 Å². The minimum absolute atomic E-state index is 0.610. The highest BCUT2D eigenvalue weighted by Gasteiger charge is 2.22. The van der Waals surface area contributed by atoms with Gasteiger partial charge in [0.15, 0.2) is 17.5 Å². The van der Waals surface area contributed by atoms with Gasteiger partial charge < -0.3 is 0 Å². The van der Waals surface area contributed by atoms with Crippen LogP contribution in [0.25, 0.3) is 117 Å². The zero-order chi connectivity index (χ0) is 44.5. The van der Waals surface area contributed by atoms with E-state index < -0.39 is 0 Å². The Bertz CT molecular complexity index is 3600. The van der Waals surface area contributed by atoms with Crippen molar-refractivity contribution in [2.45, 2.75) is 0 Å². The molecule has 0 unspecified atom stereocenters. The maximum Gasteiger partial charge on any atom is 0.164 e. The lowest BCUT2D eigenvalue weighted by Gasteiger charge is -2.13. The topological polar surface area (TPSA) is 56.0 Å². The molecule has 12 rings (SSSR count). The van der Waals surface area contributed by atoms with Crippen molar-refractivity contribution in [1.82, 2.24) is 24.6 Å². The normalized spacial score (nSPS) is 11.3. The van der Waals surface area contributed by atoms with Crippen molar-refractivity contribution >= 4 is 16.3 Å². The van der Waals surface area contributed by atoms with E-state index >= 15 is 0 Å². The third-order valence-corrected chi connectivity index (χ3v) is 12.5. The molecule has 0 N–H and O–H groups in total. The third-order valence-electron chi connectivity index (χ3n) is 12.5. The van der Waals surface area contributed by atoms with Gasteiger partial charge in [0, 0.05) is 38.8 Å². The van der Waals surface area contributed by atoms with E-state index in [4.69, 9.17) is 20.1 Å². The smallest absolute Gasteiger partial charge is 0.164 e. The number of pyridine rings is 1. The molecule has 0 spiro atoms. The lowest BCUT2D eigenvalue weighted by Crippen LogP contribution is -2.00. The molecule has 9 aromatic carbocycles. The number of nitrogens with zero attached hydrogens (tertiary/aromatic N) is 5. The molecule has 0 atom stereocenters. The van der Waals surface area contributed by atoms with E-state index in [0.717, 1.165) is 100 Å². The third kappa shape index (κ3) is 7.64. The Labute approximate surface area is 389 Å². The fourth-order valence-electron chi connectivity index (χ4n) is 9.13. The van der Waals surface area contributed by atoms with Gasteiger partial charge in [-0.05, 0) is 68.6 Å². The maximum absolute atomic E-state index is 5.39. The Morgan fingerprint density at radius 1 is 0.269 bits per heavy atom. The minimum Gasteiger partial charge on any atom is -0.231 e. The first-order chi connectivity index (χ1) is 33.2. The summed E-state index contributed by atoms with van der Waals surface area (Å²) in [6.45, 7) is 0. The summed E-state index contributed by atoms with van der Waals surface area (Å²) in [6.07, 6.45) is 0. The van der Waals surface area contributed by atoms with Crippen LogP contribution in [0.4, 0.5) is 0 Å². The predicted molar refractivity (Wildman–Crippen MR) is 275 cm³/mol. The SMILES string of the molecule is c1ccc(-c2cccc(-c3nc(-c4ccc(-c5ccc6c(c5)cc(-c5ccccc5)n5nc(-c7ccccc7)c(-c7ccccc7)c65)cc4)nc(-c4cccc(-c5ccccc5)c4)n3)c2)cc1. The molecule has 67 heavy (non-hydrogen) atoms. The zero-order valence-electron chi connectivity index (χ0n) is 36.4. The van der Waals surface area contributed by atoms with E-state index in [9.17, 15) is 0 Å². The monoisotopic (exact) mass is 855 g/mol. The molecule has 0 fully saturated rings. The molecule has 3 aromatic heterocycles. The van der Waals surface area contributed by atoms with Gasteiger partial charge in [-0.3, -0.25) is 0 Å². The Kier molecular flexibility index (Phi) is 10.1. The van der Waals surface area contributed by atoms with E-state index in [-0.39, 0.29) is 0 Å². The Morgan fingerprint density at radius 2 is 0.657 bits per heavy atom. The molecule has 314 valence electrons. The Balaban J connectivity index is 0.979. The second-order valence-electron chi connectivity index (χ2n) is 16.7. The van der Waals surface area contributed by atoms with Crippen molar-refractivity contribution in [1.29, 1.82) is 0 Å². The van der Waals surface area contributed by atoms with Crippen LogP contribution in [-0.4, -0.2) is 24.6 Å². The van der Waals surface area contributed by atoms with Crippen molar-refractivity contribution in [3.05, 3.63) is 249 Å². The van der Waals surface area contributed by atoms with E-state index in [2.05, 4.69) is 241 Å². The summed E-state index contributed by atoms with van der Waals surface area (Å²) in [5, 5.41) is 7.65. The highest BCUT2D eigenvalue weighted by molar-refractivity contribution is 6.09. The second kappa shape index (κ2) is 17.1. The number of hydrogen-bond donors (Lipinski definition) is 0. The summed E-state index contributed by atoms with van der Waals surface area (Å²) < 4.78 is 2.14. The minimum atomic E-state index is 0.610. The highest BCUT2D eigenvalue weighted by atomic mass is 15.2. The molecule has 0 saturated carbocycles. The first-order valence-corrected chi connectivity index (χ1v) is 22.5. The van der Waals surface area contributed by atoms with E-state index in [0.29, 0.717) is 17.5 Å². The molecule has 5 nitrogen and oxygen atoms in total. The molecular formula is C62H41N5. The van der Waals surface area contributed by atoms with Gasteiger partial charge in [-0.2, -0.15) is 5.10 Å². The highest BCUT2D eigenvalue weighted by Crippen LogP contribution is 2.42. The maximum atomic E-state index is 5.39. The van der Waals surface area contributed by atoms with Gasteiger partial charge in [-0.25, -0.2) is 19.5 Å². The van der Waals surface area contributed by atoms with Crippen molar-refractivity contribution in [3.8, 4) is 101 Å². The lowest BCUT2D eigenvalue weighted by molar-refractivity contribution is 0.979. The van der Waals surface area contributed by atoms with Crippen LogP contribution in [0.3, 0.4) is 0 Å². The molecule has 0 aliphatic carbocycles. The first kappa shape index (κ1) is 39.5. The quantitative estimate of drug-likeness (QED) is 0.145. The predicted octanol–water partition coefficient (Wildman–Crippen LogP) is 15.7. The molecule has 0 aliphatic heterocycles. The molecule has 5 heteroatoms. The number of fused-ring (bicyclic) bond motifs is 3. The van der Waals surface area contributed by atoms with E-state index in [1.807, 2.05) is 12.1 Å². The summed E-state index contributed by atoms with van der Waals surface area (Å²) >= 11 is 0. The fraction of sp³-hybridized carbons (Fsp3) is 0. The lowest BCUT2D eigenvalue weighted by atomic mass is 9.95. The fourth-order valence-corrected chi connectivity index (χ4v) is 9.13. The van der Waals surface area contributed by atoms with Gasteiger partial charge >= 0.3 is 0 Å². The van der Waals surface area contributed by atoms with Crippen molar-refractivity contribution in [2.24, 2.45) is 0 Å². The van der Waals surface area contributed by atoms with Crippen LogP contribution in [0.2, 0.25) is 0 Å². The van der Waals surface area contributed by atoms with E-state index in [1.54, 1.807) is 0 Å². The van der Waals surface area contributed by atoms with Gasteiger partial charge in [0.05, 0.1) is 11.2 Å². The molecule has 0 radical (unpaired) electrons. The van der Waals surface area contributed by atoms with Gasteiger partial charge in [0.25, 0.3) is 0 Å². The molecule has 0 aliphatic rings. The van der Waals surface area contributed by atoms with Gasteiger partial charge in [0.1, 0.15) is 5.69 Å². The van der Waals surface area contributed by atoms with Crippen LogP contribution in [0.5, 0.6) is 0 Å². The van der Waals surface area contributed by atoms with Crippen molar-refractivity contribution in [2.75, 3.05) is 0 Å². The summed E-state index contributed by atoms with van der Waals surface area (Å²) in [5.41, 5.74) is 16.9. The Morgan fingerprint density at radius 3 is 1.19 bits per heavy atom. The molecule has 3 heterocycles. The van der Waals surface area contributed by atoms with Gasteiger partial charge in [-0.15, -0.1) is 0 Å². The van der Waals surface area contributed by atoms with Crippen LogP contribution in [0.15, 0.2) is 249 Å². The molecule has 12 aromatic rings. The largest absolute Gasteiger partial charge is 0.231 e.